The van der Waals surface area contributed by atoms with Crippen molar-refractivity contribution in [1.29, 1.82) is 0 Å². The van der Waals surface area contributed by atoms with Crippen molar-refractivity contribution >= 4 is 34.7 Å². The molecule has 0 spiro atoms. The van der Waals surface area contributed by atoms with E-state index in [1.807, 2.05) is 4.90 Å². The Bertz CT molecular complexity index is 1630. The largest absolute Gasteiger partial charge is 0.467 e. The van der Waals surface area contributed by atoms with Gasteiger partial charge in [-0.05, 0) is 61.6 Å². The molecule has 4 N–H and O–H groups in total. The van der Waals surface area contributed by atoms with Crippen LogP contribution in [-0.4, -0.2) is 91.4 Å². The molecule has 16 heteroatoms. The molecule has 1 aromatic carbocycles. The van der Waals surface area contributed by atoms with Crippen LogP contribution < -0.4 is 21.1 Å². The fraction of sp³-hybridized carbons (Fsp3) is 0.515. The van der Waals surface area contributed by atoms with E-state index in [0.717, 1.165) is 30.9 Å². The van der Waals surface area contributed by atoms with Crippen molar-refractivity contribution in [3.05, 3.63) is 63.2 Å². The van der Waals surface area contributed by atoms with Crippen LogP contribution in [0.25, 0.3) is 0 Å². The van der Waals surface area contributed by atoms with E-state index in [0.29, 0.717) is 48.3 Å². The van der Waals surface area contributed by atoms with Crippen LogP contribution in [0.1, 0.15) is 54.2 Å². The summed E-state index contributed by atoms with van der Waals surface area (Å²) < 4.78 is 64.5. The fourth-order valence-electron chi connectivity index (χ4n) is 6.53. The zero-order chi connectivity index (χ0) is 35.5. The third-order valence-electron chi connectivity index (χ3n) is 8.98. The van der Waals surface area contributed by atoms with Gasteiger partial charge < -0.3 is 30.7 Å². The van der Waals surface area contributed by atoms with Gasteiger partial charge in [-0.1, -0.05) is 11.6 Å². The SMILES string of the molecule is COc1nc2c(c(N3CCCN=C(/C(Cl)=C(\N)C(=O)N(C)C)C3)n1)COC(c1cc(N)ccc1C(F)(F)F)C2.F/C=C1/CC2CCCN2C1. The first-order chi connectivity index (χ1) is 23.3. The molecule has 2 atom stereocenters. The van der Waals surface area contributed by atoms with Crippen LogP contribution in [0.2, 0.25) is 0 Å². The van der Waals surface area contributed by atoms with Gasteiger partial charge in [0.2, 0.25) is 0 Å². The normalized spacial score (nSPS) is 22.3. The highest BCUT2D eigenvalue weighted by atomic mass is 35.5. The van der Waals surface area contributed by atoms with Gasteiger partial charge in [-0.2, -0.15) is 23.1 Å². The molecule has 6 rings (SSSR count). The van der Waals surface area contributed by atoms with Gasteiger partial charge in [-0.15, -0.1) is 0 Å². The molecule has 0 aliphatic carbocycles. The Balaban J connectivity index is 0.000000396. The summed E-state index contributed by atoms with van der Waals surface area (Å²) in [5, 5.41) is 0.0492. The maximum atomic E-state index is 13.7. The standard InChI is InChI=1S/C25H29ClF3N7O3.C8H12FN/c1-35(2)23(37)21(31)20(26)18-11-36(8-4-7-32-18)22-15-12-39-19(10-17(15)33-24(34-22)38-3)14-9-13(30)5-6-16(14)25(27,28)29;9-5-7-4-8-2-1-3-10(8)6-7/h5-6,9,19H,4,7-8,10-12,30-31H2,1-3H3;5,8H,1-4,6H2/b21-20+;7-5-. The number of hydrogen-bond acceptors (Lipinski definition) is 10. The van der Waals surface area contributed by atoms with Crippen LogP contribution in [0.15, 0.2) is 45.8 Å². The van der Waals surface area contributed by atoms with Crippen molar-refractivity contribution in [3.63, 3.8) is 0 Å². The van der Waals surface area contributed by atoms with E-state index < -0.39 is 23.8 Å². The molecule has 5 heterocycles. The first-order valence-corrected chi connectivity index (χ1v) is 16.4. The minimum absolute atomic E-state index is 0.0424. The molecule has 2 fully saturated rings. The monoisotopic (exact) mass is 708 g/mol. The Kier molecular flexibility index (Phi) is 11.3. The lowest BCUT2D eigenvalue weighted by Crippen LogP contribution is -2.35. The van der Waals surface area contributed by atoms with Gasteiger partial charge in [-0.3, -0.25) is 14.7 Å². The molecule has 0 bridgehead atoms. The third kappa shape index (κ3) is 8.27. The minimum atomic E-state index is -4.58. The first-order valence-electron chi connectivity index (χ1n) is 16.0. The van der Waals surface area contributed by atoms with E-state index in [2.05, 4.69) is 19.9 Å². The number of hydrogen-bond donors (Lipinski definition) is 2. The van der Waals surface area contributed by atoms with Crippen molar-refractivity contribution < 1.29 is 31.8 Å². The van der Waals surface area contributed by atoms with Crippen molar-refractivity contribution in [2.75, 3.05) is 64.6 Å². The number of anilines is 2. The van der Waals surface area contributed by atoms with Crippen molar-refractivity contribution in [1.82, 2.24) is 19.8 Å². The van der Waals surface area contributed by atoms with Gasteiger partial charge in [0.15, 0.2) is 0 Å². The number of ether oxygens (including phenoxy) is 2. The molecule has 2 unspecified atom stereocenters. The maximum absolute atomic E-state index is 13.7. The Hall–Kier alpha value is -3.95. The van der Waals surface area contributed by atoms with Gasteiger partial charge in [0, 0.05) is 57.4 Å². The fourth-order valence-corrected chi connectivity index (χ4v) is 6.73. The Morgan fingerprint density at radius 1 is 1.16 bits per heavy atom. The number of fused-ring (bicyclic) bond motifs is 2. The lowest BCUT2D eigenvalue weighted by molar-refractivity contribution is -0.139. The quantitative estimate of drug-likeness (QED) is 0.256. The molecule has 4 aliphatic rings. The van der Waals surface area contributed by atoms with E-state index >= 15 is 0 Å². The van der Waals surface area contributed by atoms with E-state index in [-0.39, 0.29) is 47.6 Å². The average molecular weight is 709 g/mol. The summed E-state index contributed by atoms with van der Waals surface area (Å²) in [6, 6.07) is 4.19. The number of nitrogens with zero attached hydrogens (tertiary/aromatic N) is 6. The second-order valence-corrected chi connectivity index (χ2v) is 13.0. The van der Waals surface area contributed by atoms with Crippen LogP contribution in [-0.2, 0) is 28.7 Å². The number of amides is 1. The summed E-state index contributed by atoms with van der Waals surface area (Å²) in [5.41, 5.74) is 13.5. The number of methoxy groups -OCH3 is 1. The predicted molar refractivity (Wildman–Crippen MR) is 179 cm³/mol. The first kappa shape index (κ1) is 36.3. The summed E-state index contributed by atoms with van der Waals surface area (Å²) in [6.45, 7) is 3.19. The molecule has 266 valence electrons. The maximum Gasteiger partial charge on any atom is 0.416 e. The highest BCUT2D eigenvalue weighted by Gasteiger charge is 2.38. The summed E-state index contributed by atoms with van der Waals surface area (Å²) in [7, 11) is 4.54. The second kappa shape index (κ2) is 15.3. The Morgan fingerprint density at radius 2 is 1.94 bits per heavy atom. The molecule has 1 aromatic heterocycles. The zero-order valence-corrected chi connectivity index (χ0v) is 28.5. The van der Waals surface area contributed by atoms with Crippen molar-refractivity contribution in [3.8, 4) is 6.01 Å². The number of halogens is 5. The molecule has 4 aliphatic heterocycles. The molecule has 2 aromatic rings. The summed E-state index contributed by atoms with van der Waals surface area (Å²) in [4.78, 5) is 31.4. The van der Waals surface area contributed by atoms with Crippen molar-refractivity contribution in [2.45, 2.75) is 57.0 Å². The van der Waals surface area contributed by atoms with Gasteiger partial charge in [0.1, 0.15) is 11.5 Å². The summed E-state index contributed by atoms with van der Waals surface area (Å²) >= 11 is 6.49. The Labute approximate surface area is 287 Å². The third-order valence-corrected chi connectivity index (χ3v) is 9.40. The molecule has 0 radical (unpaired) electrons. The lowest BCUT2D eigenvalue weighted by atomic mass is 9.94. The topological polar surface area (TPSA) is 135 Å². The van der Waals surface area contributed by atoms with Gasteiger partial charge in [0.25, 0.3) is 5.91 Å². The van der Waals surface area contributed by atoms with Crippen LogP contribution in [0.4, 0.5) is 29.1 Å². The van der Waals surface area contributed by atoms with Gasteiger partial charge >= 0.3 is 12.2 Å². The smallest absolute Gasteiger partial charge is 0.416 e. The van der Waals surface area contributed by atoms with Crippen LogP contribution in [0.5, 0.6) is 6.01 Å². The van der Waals surface area contributed by atoms with E-state index in [1.165, 1.54) is 43.5 Å². The van der Waals surface area contributed by atoms with Crippen LogP contribution >= 0.6 is 11.6 Å². The number of benzene rings is 1. The van der Waals surface area contributed by atoms with Crippen LogP contribution in [0.3, 0.4) is 0 Å². The number of carbonyl (C=O) groups excluding carboxylic acids is 1. The molecular formula is C33H41ClF4N8O3. The number of aliphatic imine (C=N–C) groups is 1. The Morgan fingerprint density at radius 3 is 2.61 bits per heavy atom. The van der Waals surface area contributed by atoms with E-state index in [4.69, 9.17) is 32.5 Å². The summed E-state index contributed by atoms with van der Waals surface area (Å²) in [6.07, 6.45) is -0.450. The predicted octanol–water partition coefficient (Wildman–Crippen LogP) is 4.76. The lowest BCUT2D eigenvalue weighted by Gasteiger charge is -2.31. The second-order valence-electron chi connectivity index (χ2n) is 12.6. The van der Waals surface area contributed by atoms with E-state index in [1.54, 1.807) is 14.1 Å². The number of nitrogens with two attached hydrogens (primary N) is 2. The number of alkyl halides is 3. The van der Waals surface area contributed by atoms with Gasteiger partial charge in [0.05, 0.1) is 54.7 Å². The highest BCUT2D eigenvalue weighted by Crippen LogP contribution is 2.41. The molecule has 0 saturated carbocycles. The van der Waals surface area contributed by atoms with Crippen LogP contribution in [0, 0.1) is 0 Å². The number of rotatable bonds is 5. The minimum Gasteiger partial charge on any atom is -0.467 e. The van der Waals surface area contributed by atoms with Gasteiger partial charge in [-0.25, -0.2) is 4.39 Å². The molecule has 49 heavy (non-hydrogen) atoms. The number of aromatic nitrogens is 2. The number of likely N-dealkylation sites (N-methyl/N-ethyl adjacent to an activating group) is 1. The molecular weight excluding hydrogens is 668 g/mol. The van der Waals surface area contributed by atoms with E-state index in [9.17, 15) is 22.4 Å². The average Bonchev–Trinajstić information content (AvgIpc) is 3.60. The zero-order valence-electron chi connectivity index (χ0n) is 27.7. The number of nitrogen functional groups attached to an aromatic ring is 1. The highest BCUT2D eigenvalue weighted by molar-refractivity contribution is 6.45. The molecule has 1 amide bonds. The molecule has 11 nitrogen and oxygen atoms in total. The number of carbonyl (C=O) groups is 1. The summed E-state index contributed by atoms with van der Waals surface area (Å²) in [5.74, 6) is 0.0364. The molecule has 2 saturated heterocycles. The van der Waals surface area contributed by atoms with Crippen molar-refractivity contribution in [2.24, 2.45) is 10.7 Å².